The molecule has 10 heteroatoms. The van der Waals surface area contributed by atoms with E-state index >= 15 is 0 Å². The molecule has 1 heterocycles. The largest absolute Gasteiger partial charge is 0.371 e. The predicted molar refractivity (Wildman–Crippen MR) is 88.8 cm³/mol. The molecule has 0 bridgehead atoms. The number of rotatable bonds is 6. The van der Waals surface area contributed by atoms with Crippen molar-refractivity contribution in [3.8, 4) is 0 Å². The Hall–Kier alpha value is -1.90. The van der Waals surface area contributed by atoms with Crippen LogP contribution in [0.25, 0.3) is 0 Å². The minimum atomic E-state index is -1.50. The van der Waals surface area contributed by atoms with E-state index < -0.39 is 5.09 Å². The maximum Gasteiger partial charge on any atom is 0.291 e. The van der Waals surface area contributed by atoms with Crippen molar-refractivity contribution in [3.05, 3.63) is 56.6 Å². The third-order valence-electron chi connectivity index (χ3n) is 2.76. The Morgan fingerprint density at radius 1 is 1.42 bits per heavy atom. The second-order valence-corrected chi connectivity index (χ2v) is 6.08. The lowest BCUT2D eigenvalue weighted by Crippen LogP contribution is -2.16. The zero-order valence-corrected chi connectivity index (χ0v) is 14.7. The minimum absolute atomic E-state index is 0.177. The molecule has 0 aliphatic rings. The Balaban J connectivity index is 0.000000648. The Morgan fingerprint density at radius 3 is 2.58 bits per heavy atom. The molecule has 0 saturated heterocycles. The number of halogens is 2. The summed E-state index contributed by atoms with van der Waals surface area (Å²) in [5, 5.41) is 19.0. The molecule has 24 heavy (non-hydrogen) atoms. The van der Waals surface area contributed by atoms with Gasteiger partial charge in [0.05, 0.1) is 6.54 Å². The van der Waals surface area contributed by atoms with E-state index in [2.05, 4.69) is 23.9 Å². The summed E-state index contributed by atoms with van der Waals surface area (Å²) in [5.41, 5.74) is 0.909. The van der Waals surface area contributed by atoms with Crippen LogP contribution in [0.1, 0.15) is 25.5 Å². The van der Waals surface area contributed by atoms with Crippen LogP contribution < -0.4 is 0 Å². The van der Waals surface area contributed by atoms with Crippen molar-refractivity contribution in [1.29, 1.82) is 0 Å². The molecule has 0 amide bonds. The average molecular weight is 377 g/mol. The van der Waals surface area contributed by atoms with E-state index in [1.165, 1.54) is 6.33 Å². The third-order valence-corrected chi connectivity index (χ3v) is 3.32. The summed E-state index contributed by atoms with van der Waals surface area (Å²) in [4.78, 5) is 12.3. The Labute approximate surface area is 149 Å². The highest BCUT2D eigenvalue weighted by molar-refractivity contribution is 6.35. The number of ether oxygens (including phenoxy) is 1. The molecule has 2 aromatic rings. The Morgan fingerprint density at radius 2 is 2.08 bits per heavy atom. The monoisotopic (exact) mass is 376 g/mol. The van der Waals surface area contributed by atoms with Crippen molar-refractivity contribution in [3.63, 3.8) is 0 Å². The number of aromatic nitrogens is 3. The van der Waals surface area contributed by atoms with Crippen LogP contribution in [0.2, 0.25) is 10.0 Å². The average Bonchev–Trinajstić information content (AvgIpc) is 2.96. The molecule has 0 aliphatic heterocycles. The Bertz CT molecular complexity index is 634. The molecule has 0 spiro atoms. The van der Waals surface area contributed by atoms with Gasteiger partial charge in [0, 0.05) is 22.2 Å². The van der Waals surface area contributed by atoms with Gasteiger partial charge >= 0.3 is 0 Å². The van der Waals surface area contributed by atoms with E-state index in [1.807, 2.05) is 12.1 Å². The molecule has 1 aromatic heterocycles. The van der Waals surface area contributed by atoms with Crippen LogP contribution in [0.15, 0.2) is 30.9 Å². The predicted octanol–water partition coefficient (Wildman–Crippen LogP) is 3.65. The van der Waals surface area contributed by atoms with E-state index in [4.69, 9.17) is 43.3 Å². The highest BCUT2D eigenvalue weighted by Crippen LogP contribution is 2.29. The number of hydrogen-bond acceptors (Lipinski definition) is 5. The van der Waals surface area contributed by atoms with E-state index in [1.54, 1.807) is 17.1 Å². The fraction of sp³-hybridized carbons (Fsp3) is 0.429. The SMILES string of the molecule is CC(C)COC(Cn1cncn1)c1ccc(Cl)cc1Cl.O=[N+]([O-])O. The van der Waals surface area contributed by atoms with E-state index in [-0.39, 0.29) is 6.10 Å². The van der Waals surface area contributed by atoms with E-state index in [0.717, 1.165) is 5.56 Å². The van der Waals surface area contributed by atoms with Crippen LogP contribution in [0.3, 0.4) is 0 Å². The summed E-state index contributed by atoms with van der Waals surface area (Å²) >= 11 is 12.2. The molecular formula is C14H18Cl2N4O4. The number of nitrogens with zero attached hydrogens (tertiary/aromatic N) is 4. The highest BCUT2D eigenvalue weighted by Gasteiger charge is 2.17. The van der Waals surface area contributed by atoms with E-state index in [0.29, 0.717) is 29.1 Å². The smallest absolute Gasteiger partial charge is 0.291 e. The second-order valence-electron chi connectivity index (χ2n) is 5.24. The molecule has 1 atom stereocenters. The van der Waals surface area contributed by atoms with Gasteiger partial charge in [-0.15, -0.1) is 10.1 Å². The van der Waals surface area contributed by atoms with Gasteiger partial charge in [0.25, 0.3) is 5.09 Å². The van der Waals surface area contributed by atoms with Crippen LogP contribution in [-0.2, 0) is 11.3 Å². The first-order chi connectivity index (χ1) is 11.3. The summed E-state index contributed by atoms with van der Waals surface area (Å²) in [6.07, 6.45) is 2.99. The van der Waals surface area contributed by atoms with Gasteiger partial charge in [0.2, 0.25) is 0 Å². The molecule has 0 saturated carbocycles. The van der Waals surface area contributed by atoms with Crippen LogP contribution in [0.5, 0.6) is 0 Å². The van der Waals surface area contributed by atoms with Crippen molar-refractivity contribution in [2.45, 2.75) is 26.5 Å². The van der Waals surface area contributed by atoms with Crippen molar-refractivity contribution in [2.75, 3.05) is 6.61 Å². The lowest BCUT2D eigenvalue weighted by atomic mass is 10.1. The van der Waals surface area contributed by atoms with E-state index in [9.17, 15) is 0 Å². The Kier molecular flexibility index (Phi) is 8.45. The van der Waals surface area contributed by atoms with Gasteiger partial charge in [-0.1, -0.05) is 43.1 Å². The number of hydrogen-bond donors (Lipinski definition) is 1. The van der Waals surface area contributed by atoms with Gasteiger partial charge in [-0.05, 0) is 18.1 Å². The molecule has 0 fully saturated rings. The fourth-order valence-corrected chi connectivity index (χ4v) is 2.34. The summed E-state index contributed by atoms with van der Waals surface area (Å²) in [6, 6.07) is 5.44. The van der Waals surface area contributed by atoms with Crippen molar-refractivity contribution >= 4 is 23.2 Å². The van der Waals surface area contributed by atoms with Crippen LogP contribution in [0, 0.1) is 16.0 Å². The molecule has 1 unspecified atom stereocenters. The quantitative estimate of drug-likeness (QED) is 0.609. The molecule has 1 aromatic carbocycles. The van der Waals surface area contributed by atoms with Crippen molar-refractivity contribution < 1.29 is 15.0 Å². The maximum atomic E-state index is 8.36. The molecule has 132 valence electrons. The van der Waals surface area contributed by atoms with Crippen LogP contribution in [0.4, 0.5) is 0 Å². The molecular weight excluding hydrogens is 359 g/mol. The van der Waals surface area contributed by atoms with Gasteiger partial charge in [-0.3, -0.25) is 4.68 Å². The summed E-state index contributed by atoms with van der Waals surface area (Å²) in [6.45, 7) is 5.43. The summed E-state index contributed by atoms with van der Waals surface area (Å²) in [5.74, 6) is 0.444. The topological polar surface area (TPSA) is 103 Å². The highest BCUT2D eigenvalue weighted by atomic mass is 35.5. The normalized spacial score (nSPS) is 11.7. The lowest BCUT2D eigenvalue weighted by molar-refractivity contribution is -0.742. The summed E-state index contributed by atoms with van der Waals surface area (Å²) < 4.78 is 7.70. The maximum absolute atomic E-state index is 8.36. The molecule has 8 nitrogen and oxygen atoms in total. The van der Waals surface area contributed by atoms with Gasteiger partial charge < -0.3 is 9.94 Å². The van der Waals surface area contributed by atoms with Gasteiger partial charge in [-0.2, -0.15) is 5.10 Å². The first kappa shape index (κ1) is 20.1. The lowest BCUT2D eigenvalue weighted by Gasteiger charge is -2.20. The fourth-order valence-electron chi connectivity index (χ4n) is 1.81. The zero-order valence-electron chi connectivity index (χ0n) is 13.2. The zero-order chi connectivity index (χ0) is 18.1. The first-order valence-electron chi connectivity index (χ1n) is 7.01. The second kappa shape index (κ2) is 10.1. The van der Waals surface area contributed by atoms with Crippen molar-refractivity contribution in [1.82, 2.24) is 14.8 Å². The van der Waals surface area contributed by atoms with Gasteiger partial charge in [0.1, 0.15) is 18.8 Å². The molecule has 1 N–H and O–H groups in total. The first-order valence-corrected chi connectivity index (χ1v) is 7.77. The van der Waals surface area contributed by atoms with Crippen molar-refractivity contribution in [2.24, 2.45) is 5.92 Å². The summed E-state index contributed by atoms with van der Waals surface area (Å²) in [7, 11) is 0. The third kappa shape index (κ3) is 7.58. The molecule has 2 rings (SSSR count). The molecule has 0 radical (unpaired) electrons. The minimum Gasteiger partial charge on any atom is -0.371 e. The van der Waals surface area contributed by atoms with Crippen LogP contribution in [-0.4, -0.2) is 31.7 Å². The number of benzene rings is 1. The molecule has 0 aliphatic carbocycles. The van der Waals surface area contributed by atoms with Gasteiger partial charge in [0.15, 0.2) is 0 Å². The van der Waals surface area contributed by atoms with Gasteiger partial charge in [-0.25, -0.2) is 4.98 Å². The van der Waals surface area contributed by atoms with Crippen LogP contribution >= 0.6 is 23.2 Å². The standard InChI is InChI=1S/C14H17Cl2N3O.HNO3/c1-10(2)7-20-14(6-19-9-17-8-18-19)12-4-3-11(15)5-13(12)16;2-1(3)4/h3-5,8-10,14H,6-7H2,1-2H3;(H,2,3,4).